The van der Waals surface area contributed by atoms with Crippen LogP contribution in [0.5, 0.6) is 0 Å². The molecule has 0 rings (SSSR count). The number of hydrogen-bond donors (Lipinski definition) is 1. The summed E-state index contributed by atoms with van der Waals surface area (Å²) in [6.45, 7) is 2.53. The Morgan fingerprint density at radius 2 is 2.43 bits per heavy atom. The lowest BCUT2D eigenvalue weighted by atomic mass is 10.8. The maximum atomic E-state index is 9.94. The van der Waals surface area contributed by atoms with Crippen molar-refractivity contribution in [2.24, 2.45) is 0 Å². The number of carbonyl (C=O) groups excluding carboxylic acids is 1. The van der Waals surface area contributed by atoms with E-state index in [4.69, 9.17) is 0 Å². The van der Waals surface area contributed by atoms with E-state index in [1.165, 1.54) is 0 Å². The summed E-state index contributed by atoms with van der Waals surface area (Å²) in [5.74, 6) is 0. The predicted octanol–water partition coefficient (Wildman–Crippen LogP) is 0.479. The Balaban J connectivity index is 2.82. The zero-order valence-electron chi connectivity index (χ0n) is 4.18. The maximum Gasteiger partial charge on any atom is 0.211 e. The van der Waals surface area contributed by atoms with E-state index in [-0.39, 0.29) is 11.7 Å². The largest absolute Gasteiger partial charge is 0.373 e. The van der Waals surface area contributed by atoms with Crippen molar-refractivity contribution in [2.45, 2.75) is 6.92 Å². The molecule has 0 aliphatic carbocycles. The van der Waals surface area contributed by atoms with Gasteiger partial charge in [0.2, 0.25) is 5.12 Å². The lowest BCUT2D eigenvalue weighted by Gasteiger charge is -1.90. The summed E-state index contributed by atoms with van der Waals surface area (Å²) in [6.07, 6.45) is 0. The van der Waals surface area contributed by atoms with Crippen LogP contribution in [0.3, 0.4) is 0 Å². The average Bonchev–Trinajstić information content (AvgIpc) is 1.61. The second-order valence-electron chi connectivity index (χ2n) is 1.03. The van der Waals surface area contributed by atoms with Gasteiger partial charge in [-0.05, 0) is 6.92 Å². The summed E-state index contributed by atoms with van der Waals surface area (Å²) in [7, 11) is 0. The molecular weight excluding hydrogens is 112 g/mol. The first-order valence-electron chi connectivity index (χ1n) is 2.07. The summed E-state index contributed by atoms with van der Waals surface area (Å²) < 4.78 is 4.67. The second-order valence-corrected chi connectivity index (χ2v) is 1.53. The van der Waals surface area contributed by atoms with Gasteiger partial charge < -0.3 is 4.74 Å². The van der Waals surface area contributed by atoms with Gasteiger partial charge in [-0.2, -0.15) is 0 Å². The fourth-order valence-electron chi connectivity index (χ4n) is 0.189. The Kier molecular flexibility index (Phi) is 4.14. The molecule has 0 aliphatic heterocycles. The average molecular weight is 120 g/mol. The van der Waals surface area contributed by atoms with Crippen LogP contribution in [0.15, 0.2) is 0 Å². The third-order valence-electron chi connectivity index (χ3n) is 0.430. The Bertz CT molecular complexity index is 62.7. The number of carbonyl (C=O) groups is 1. The fraction of sp³-hybridized carbons (Fsp3) is 0.750. The molecule has 0 radical (unpaired) electrons. The summed E-state index contributed by atoms with van der Waals surface area (Å²) in [6, 6.07) is 0. The molecule has 0 saturated heterocycles. The van der Waals surface area contributed by atoms with Crippen molar-refractivity contribution in [1.29, 1.82) is 0 Å². The van der Waals surface area contributed by atoms with Crippen LogP contribution >= 0.6 is 12.6 Å². The van der Waals surface area contributed by atoms with E-state index in [1.54, 1.807) is 0 Å². The Labute approximate surface area is 48.3 Å². The molecule has 0 aromatic rings. The van der Waals surface area contributed by atoms with Gasteiger partial charge >= 0.3 is 0 Å². The molecule has 0 bridgehead atoms. The summed E-state index contributed by atoms with van der Waals surface area (Å²) in [5.41, 5.74) is 0. The van der Waals surface area contributed by atoms with E-state index < -0.39 is 0 Å². The van der Waals surface area contributed by atoms with E-state index in [9.17, 15) is 4.79 Å². The van der Waals surface area contributed by atoms with E-state index in [0.29, 0.717) is 6.61 Å². The van der Waals surface area contributed by atoms with Crippen LogP contribution in [0.2, 0.25) is 0 Å². The second kappa shape index (κ2) is 4.15. The summed E-state index contributed by atoms with van der Waals surface area (Å²) >= 11 is 3.47. The fourth-order valence-corrected chi connectivity index (χ4v) is 0.281. The number of ether oxygens (including phenoxy) is 1. The van der Waals surface area contributed by atoms with Gasteiger partial charge in [0.15, 0.2) is 0 Å². The molecule has 7 heavy (non-hydrogen) atoms. The van der Waals surface area contributed by atoms with E-state index in [0.717, 1.165) is 0 Å². The van der Waals surface area contributed by atoms with Crippen LogP contribution in [0.1, 0.15) is 6.92 Å². The molecule has 0 unspecified atom stereocenters. The zero-order chi connectivity index (χ0) is 5.70. The van der Waals surface area contributed by atoms with Crippen LogP contribution in [0.25, 0.3) is 0 Å². The van der Waals surface area contributed by atoms with Gasteiger partial charge in [-0.3, -0.25) is 4.79 Å². The molecule has 2 nitrogen and oxygen atoms in total. The molecule has 0 heterocycles. The molecule has 42 valence electrons. The molecule has 3 heteroatoms. The topological polar surface area (TPSA) is 26.3 Å². The van der Waals surface area contributed by atoms with Crippen molar-refractivity contribution < 1.29 is 9.53 Å². The normalized spacial score (nSPS) is 8.86. The number of hydrogen-bond acceptors (Lipinski definition) is 2. The van der Waals surface area contributed by atoms with Gasteiger partial charge in [-0.1, -0.05) is 0 Å². The van der Waals surface area contributed by atoms with Crippen molar-refractivity contribution in [1.82, 2.24) is 0 Å². The molecule has 0 fully saturated rings. The van der Waals surface area contributed by atoms with Gasteiger partial charge in [0, 0.05) is 6.61 Å². The molecular formula is C4H8O2S. The summed E-state index contributed by atoms with van der Waals surface area (Å²) in [4.78, 5) is 9.94. The van der Waals surface area contributed by atoms with Gasteiger partial charge in [0.25, 0.3) is 0 Å². The highest BCUT2D eigenvalue weighted by molar-refractivity contribution is 7.96. The lowest BCUT2D eigenvalue weighted by Crippen LogP contribution is -1.99. The van der Waals surface area contributed by atoms with Crippen molar-refractivity contribution in [3.63, 3.8) is 0 Å². The smallest absolute Gasteiger partial charge is 0.211 e. The van der Waals surface area contributed by atoms with Crippen LogP contribution in [0.4, 0.5) is 0 Å². The van der Waals surface area contributed by atoms with Crippen molar-refractivity contribution in [2.75, 3.05) is 13.2 Å². The first-order valence-corrected chi connectivity index (χ1v) is 2.51. The zero-order valence-corrected chi connectivity index (χ0v) is 5.07. The van der Waals surface area contributed by atoms with E-state index >= 15 is 0 Å². The monoisotopic (exact) mass is 120 g/mol. The molecule has 0 aromatic heterocycles. The SMILES string of the molecule is CCOCC(=O)S. The Morgan fingerprint density at radius 3 is 2.57 bits per heavy atom. The molecule has 0 aliphatic rings. The molecule has 0 N–H and O–H groups in total. The highest BCUT2D eigenvalue weighted by Crippen LogP contribution is 1.78. The highest BCUT2D eigenvalue weighted by Gasteiger charge is 1.88. The minimum Gasteiger partial charge on any atom is -0.373 e. The van der Waals surface area contributed by atoms with Crippen molar-refractivity contribution in [3.05, 3.63) is 0 Å². The molecule has 0 aromatic carbocycles. The highest BCUT2D eigenvalue weighted by atomic mass is 32.1. The van der Waals surface area contributed by atoms with Crippen LogP contribution in [0, 0.1) is 0 Å². The number of thiol groups is 1. The minimum absolute atomic E-state index is 0.125. The Morgan fingerprint density at radius 1 is 1.86 bits per heavy atom. The third kappa shape index (κ3) is 5.98. The quantitative estimate of drug-likeness (QED) is 0.548. The lowest BCUT2D eigenvalue weighted by molar-refractivity contribution is -0.114. The van der Waals surface area contributed by atoms with Crippen molar-refractivity contribution >= 4 is 17.7 Å². The van der Waals surface area contributed by atoms with E-state index in [2.05, 4.69) is 17.4 Å². The van der Waals surface area contributed by atoms with Gasteiger partial charge in [-0.25, -0.2) is 0 Å². The van der Waals surface area contributed by atoms with Gasteiger partial charge in [0.05, 0.1) is 0 Å². The standard InChI is InChI=1S/C4H8O2S/c1-2-6-3-4(5)7/h2-3H2,1H3,(H,5,7). The molecule has 0 atom stereocenters. The first kappa shape index (κ1) is 6.98. The van der Waals surface area contributed by atoms with Crippen LogP contribution in [-0.4, -0.2) is 18.3 Å². The number of rotatable bonds is 3. The minimum atomic E-state index is -0.221. The van der Waals surface area contributed by atoms with Crippen LogP contribution < -0.4 is 0 Å². The van der Waals surface area contributed by atoms with Crippen molar-refractivity contribution in [3.8, 4) is 0 Å². The third-order valence-corrected chi connectivity index (χ3v) is 0.559. The molecule has 0 saturated carbocycles. The molecule has 0 spiro atoms. The van der Waals surface area contributed by atoms with Crippen LogP contribution in [-0.2, 0) is 9.53 Å². The predicted molar refractivity (Wildman–Crippen MR) is 30.5 cm³/mol. The maximum absolute atomic E-state index is 9.94. The summed E-state index contributed by atoms with van der Waals surface area (Å²) in [5, 5.41) is -0.221. The Hall–Kier alpha value is -0.0200. The van der Waals surface area contributed by atoms with Gasteiger partial charge in [0.1, 0.15) is 6.61 Å². The molecule has 0 amide bonds. The van der Waals surface area contributed by atoms with E-state index in [1.807, 2.05) is 6.92 Å². The van der Waals surface area contributed by atoms with Gasteiger partial charge in [-0.15, -0.1) is 12.6 Å². The first-order chi connectivity index (χ1) is 3.27.